The normalized spacial score (nSPS) is 10.5. The Kier molecular flexibility index (Phi) is 7.63. The minimum absolute atomic E-state index is 0.128. The van der Waals surface area contributed by atoms with Gasteiger partial charge in [-0.1, -0.05) is 6.92 Å². The second-order valence-electron chi connectivity index (χ2n) is 3.26. The van der Waals surface area contributed by atoms with Gasteiger partial charge in [-0.25, -0.2) is 0 Å². The number of rotatable bonds is 7. The molecule has 0 fully saturated rings. The molecule has 4 heteroatoms. The highest BCUT2D eigenvalue weighted by atomic mass is 16.1. The second-order valence-corrected chi connectivity index (χ2v) is 3.26. The number of hydrogen-bond donors (Lipinski definition) is 2. The summed E-state index contributed by atoms with van der Waals surface area (Å²) in [5.74, 6) is 0.128. The van der Waals surface area contributed by atoms with Gasteiger partial charge in [-0.3, -0.25) is 4.79 Å². The SMILES string of the molecule is CCNCCC(=O)NCCN(C)C. The zero-order chi connectivity index (χ0) is 10.1. The van der Waals surface area contributed by atoms with Crippen molar-refractivity contribution in [2.45, 2.75) is 13.3 Å². The Morgan fingerprint density at radius 1 is 1.31 bits per heavy atom. The standard InChI is InChI=1S/C9H21N3O/c1-4-10-6-5-9(13)11-7-8-12(2)3/h10H,4-8H2,1-3H3,(H,11,13). The third kappa shape index (κ3) is 9.30. The molecule has 0 aromatic heterocycles. The number of carbonyl (C=O) groups excluding carboxylic acids is 1. The zero-order valence-electron chi connectivity index (χ0n) is 8.89. The van der Waals surface area contributed by atoms with Crippen molar-refractivity contribution in [3.05, 3.63) is 0 Å². The molecule has 0 aliphatic carbocycles. The Labute approximate surface area is 80.7 Å². The number of amides is 1. The smallest absolute Gasteiger partial charge is 0.221 e. The summed E-state index contributed by atoms with van der Waals surface area (Å²) in [6.07, 6.45) is 0.571. The van der Waals surface area contributed by atoms with Crippen LogP contribution in [0, 0.1) is 0 Å². The second kappa shape index (κ2) is 8.01. The molecule has 0 saturated carbocycles. The molecule has 0 heterocycles. The van der Waals surface area contributed by atoms with Crippen LogP contribution in [0.3, 0.4) is 0 Å². The predicted molar refractivity (Wildman–Crippen MR) is 54.7 cm³/mol. The molecule has 0 saturated heterocycles. The van der Waals surface area contributed by atoms with Gasteiger partial charge in [-0.05, 0) is 20.6 Å². The maximum atomic E-state index is 11.1. The van der Waals surface area contributed by atoms with Crippen LogP contribution in [-0.2, 0) is 4.79 Å². The van der Waals surface area contributed by atoms with Crippen LogP contribution in [0.25, 0.3) is 0 Å². The Hall–Kier alpha value is -0.610. The summed E-state index contributed by atoms with van der Waals surface area (Å²) in [7, 11) is 3.98. The third-order valence-corrected chi connectivity index (χ3v) is 1.66. The van der Waals surface area contributed by atoms with E-state index in [-0.39, 0.29) is 5.91 Å². The van der Waals surface area contributed by atoms with E-state index in [4.69, 9.17) is 0 Å². The van der Waals surface area contributed by atoms with Crippen LogP contribution < -0.4 is 10.6 Å². The van der Waals surface area contributed by atoms with Crippen LogP contribution in [0.2, 0.25) is 0 Å². The van der Waals surface area contributed by atoms with E-state index in [1.807, 2.05) is 25.9 Å². The van der Waals surface area contributed by atoms with E-state index >= 15 is 0 Å². The van der Waals surface area contributed by atoms with E-state index in [1.54, 1.807) is 0 Å². The van der Waals surface area contributed by atoms with Gasteiger partial charge in [0, 0.05) is 26.1 Å². The number of hydrogen-bond acceptors (Lipinski definition) is 3. The topological polar surface area (TPSA) is 44.4 Å². The molecule has 0 aliphatic rings. The first-order valence-electron chi connectivity index (χ1n) is 4.79. The molecule has 0 aromatic carbocycles. The summed E-state index contributed by atoms with van der Waals surface area (Å²) in [6, 6.07) is 0. The van der Waals surface area contributed by atoms with Gasteiger partial charge in [0.2, 0.25) is 5.91 Å². The molecular formula is C9H21N3O. The first kappa shape index (κ1) is 12.4. The Morgan fingerprint density at radius 2 is 2.00 bits per heavy atom. The van der Waals surface area contributed by atoms with Crippen molar-refractivity contribution in [2.75, 3.05) is 40.3 Å². The van der Waals surface area contributed by atoms with E-state index < -0.39 is 0 Å². The average Bonchev–Trinajstić information content (AvgIpc) is 2.04. The highest BCUT2D eigenvalue weighted by Crippen LogP contribution is 1.77. The van der Waals surface area contributed by atoms with Gasteiger partial charge >= 0.3 is 0 Å². The molecule has 0 rings (SSSR count). The van der Waals surface area contributed by atoms with E-state index in [1.165, 1.54) is 0 Å². The molecule has 0 bridgehead atoms. The third-order valence-electron chi connectivity index (χ3n) is 1.66. The molecule has 0 atom stereocenters. The fraction of sp³-hybridized carbons (Fsp3) is 0.889. The fourth-order valence-electron chi connectivity index (χ4n) is 0.886. The number of likely N-dealkylation sites (N-methyl/N-ethyl adjacent to an activating group) is 1. The van der Waals surface area contributed by atoms with Crippen molar-refractivity contribution >= 4 is 5.91 Å². The van der Waals surface area contributed by atoms with E-state index in [0.717, 1.165) is 26.2 Å². The van der Waals surface area contributed by atoms with Gasteiger partial charge in [0.25, 0.3) is 0 Å². The molecule has 0 spiro atoms. The maximum absolute atomic E-state index is 11.1. The molecule has 0 radical (unpaired) electrons. The van der Waals surface area contributed by atoms with Crippen molar-refractivity contribution in [1.82, 2.24) is 15.5 Å². The molecular weight excluding hydrogens is 166 g/mol. The lowest BCUT2D eigenvalue weighted by molar-refractivity contribution is -0.121. The minimum Gasteiger partial charge on any atom is -0.355 e. The fourth-order valence-corrected chi connectivity index (χ4v) is 0.886. The molecule has 2 N–H and O–H groups in total. The molecule has 13 heavy (non-hydrogen) atoms. The molecule has 0 aliphatic heterocycles. The van der Waals surface area contributed by atoms with E-state index in [2.05, 4.69) is 10.6 Å². The van der Waals surface area contributed by atoms with Crippen LogP contribution in [-0.4, -0.2) is 51.1 Å². The Morgan fingerprint density at radius 3 is 2.54 bits per heavy atom. The van der Waals surface area contributed by atoms with Crippen LogP contribution in [0.1, 0.15) is 13.3 Å². The van der Waals surface area contributed by atoms with E-state index in [0.29, 0.717) is 6.42 Å². The van der Waals surface area contributed by atoms with Gasteiger partial charge < -0.3 is 15.5 Å². The van der Waals surface area contributed by atoms with Crippen LogP contribution >= 0.6 is 0 Å². The lowest BCUT2D eigenvalue weighted by Crippen LogP contribution is -2.33. The van der Waals surface area contributed by atoms with Crippen molar-refractivity contribution < 1.29 is 4.79 Å². The highest BCUT2D eigenvalue weighted by molar-refractivity contribution is 5.76. The van der Waals surface area contributed by atoms with Gasteiger partial charge in [0.1, 0.15) is 0 Å². The monoisotopic (exact) mass is 187 g/mol. The summed E-state index contributed by atoms with van der Waals surface area (Å²) >= 11 is 0. The average molecular weight is 187 g/mol. The van der Waals surface area contributed by atoms with Crippen LogP contribution in [0.4, 0.5) is 0 Å². The molecule has 78 valence electrons. The number of carbonyl (C=O) groups is 1. The van der Waals surface area contributed by atoms with Crippen molar-refractivity contribution in [2.24, 2.45) is 0 Å². The van der Waals surface area contributed by atoms with Gasteiger partial charge in [-0.2, -0.15) is 0 Å². The van der Waals surface area contributed by atoms with Gasteiger partial charge in [0.15, 0.2) is 0 Å². The first-order valence-corrected chi connectivity index (χ1v) is 4.79. The predicted octanol–water partition coefficient (Wildman–Crippen LogP) is -0.336. The quantitative estimate of drug-likeness (QED) is 0.536. The van der Waals surface area contributed by atoms with E-state index in [9.17, 15) is 4.79 Å². The summed E-state index contributed by atoms with van der Waals surface area (Å²) < 4.78 is 0. The Bertz CT molecular complexity index is 137. The molecule has 4 nitrogen and oxygen atoms in total. The van der Waals surface area contributed by atoms with Crippen molar-refractivity contribution in [3.63, 3.8) is 0 Å². The molecule has 0 aromatic rings. The summed E-state index contributed by atoms with van der Waals surface area (Å²) in [6.45, 7) is 5.35. The lowest BCUT2D eigenvalue weighted by atomic mass is 10.4. The summed E-state index contributed by atoms with van der Waals surface area (Å²) in [5.41, 5.74) is 0. The number of nitrogens with one attached hydrogen (secondary N) is 2. The van der Waals surface area contributed by atoms with Crippen LogP contribution in [0.15, 0.2) is 0 Å². The largest absolute Gasteiger partial charge is 0.355 e. The Balaban J connectivity index is 3.20. The summed E-state index contributed by atoms with van der Waals surface area (Å²) in [4.78, 5) is 13.2. The van der Waals surface area contributed by atoms with Gasteiger partial charge in [0.05, 0.1) is 0 Å². The lowest BCUT2D eigenvalue weighted by Gasteiger charge is -2.10. The van der Waals surface area contributed by atoms with Gasteiger partial charge in [-0.15, -0.1) is 0 Å². The van der Waals surface area contributed by atoms with Crippen molar-refractivity contribution in [1.29, 1.82) is 0 Å². The van der Waals surface area contributed by atoms with Crippen molar-refractivity contribution in [3.8, 4) is 0 Å². The maximum Gasteiger partial charge on any atom is 0.221 e. The number of nitrogens with zero attached hydrogens (tertiary/aromatic N) is 1. The zero-order valence-corrected chi connectivity index (χ0v) is 8.89. The summed E-state index contributed by atoms with van der Waals surface area (Å²) in [5, 5.41) is 5.96. The molecule has 0 unspecified atom stereocenters. The highest BCUT2D eigenvalue weighted by Gasteiger charge is 1.98. The van der Waals surface area contributed by atoms with Crippen LogP contribution in [0.5, 0.6) is 0 Å². The minimum atomic E-state index is 0.128. The first-order chi connectivity index (χ1) is 6.16. The molecule has 1 amide bonds.